The number of nitrogens with zero attached hydrogens (tertiary/aromatic N) is 1. The summed E-state index contributed by atoms with van der Waals surface area (Å²) in [7, 11) is 3.82. The highest BCUT2D eigenvalue weighted by Gasteiger charge is 1.93. The van der Waals surface area contributed by atoms with E-state index in [2.05, 4.69) is 36.2 Å². The van der Waals surface area contributed by atoms with E-state index in [4.69, 9.17) is 4.74 Å². The summed E-state index contributed by atoms with van der Waals surface area (Å²) in [4.78, 5) is 2.23. The van der Waals surface area contributed by atoms with Crippen LogP contribution < -0.4 is 0 Å². The first-order valence-electron chi connectivity index (χ1n) is 5.22. The van der Waals surface area contributed by atoms with Gasteiger partial charge in [-0.25, -0.2) is 0 Å². The molecular formula is C13H19NO. The summed E-state index contributed by atoms with van der Waals surface area (Å²) in [6.07, 6.45) is 4.31. The van der Waals surface area contributed by atoms with Gasteiger partial charge in [-0.3, -0.25) is 0 Å². The fourth-order valence-corrected chi connectivity index (χ4v) is 1.27. The summed E-state index contributed by atoms with van der Waals surface area (Å²) in [6.45, 7) is 2.71. The summed E-state index contributed by atoms with van der Waals surface area (Å²) in [6, 6.07) is 10.3. The van der Waals surface area contributed by atoms with Gasteiger partial charge < -0.3 is 9.64 Å². The zero-order chi connectivity index (χ0) is 10.9. The van der Waals surface area contributed by atoms with E-state index in [1.54, 1.807) is 7.11 Å². The molecule has 0 N–H and O–H groups in total. The molecule has 82 valence electrons. The van der Waals surface area contributed by atoms with Crippen LogP contribution in [0.15, 0.2) is 36.4 Å². The van der Waals surface area contributed by atoms with Gasteiger partial charge in [-0.1, -0.05) is 42.5 Å². The van der Waals surface area contributed by atoms with E-state index < -0.39 is 0 Å². The highest BCUT2D eigenvalue weighted by Crippen LogP contribution is 2.00. The van der Waals surface area contributed by atoms with Crippen LogP contribution in [0.1, 0.15) is 5.56 Å². The molecule has 1 aromatic rings. The lowest BCUT2D eigenvalue weighted by Gasteiger charge is -2.12. The van der Waals surface area contributed by atoms with E-state index in [1.807, 2.05) is 18.2 Å². The molecule has 0 heterocycles. The summed E-state index contributed by atoms with van der Waals surface area (Å²) >= 11 is 0. The van der Waals surface area contributed by atoms with Crippen LogP contribution in [0, 0.1) is 0 Å². The number of benzene rings is 1. The first kappa shape index (κ1) is 12.0. The van der Waals surface area contributed by atoms with Gasteiger partial charge in [-0.15, -0.1) is 0 Å². The Labute approximate surface area is 92.2 Å². The Bertz CT molecular complexity index is 282. The molecule has 1 aromatic carbocycles. The molecule has 0 saturated heterocycles. The highest BCUT2D eigenvalue weighted by atomic mass is 16.5. The van der Waals surface area contributed by atoms with Gasteiger partial charge >= 0.3 is 0 Å². The third-order valence-corrected chi connectivity index (χ3v) is 2.20. The average molecular weight is 205 g/mol. The second kappa shape index (κ2) is 7.21. The summed E-state index contributed by atoms with van der Waals surface area (Å²) < 4.78 is 5.01. The second-order valence-electron chi connectivity index (χ2n) is 3.57. The number of rotatable bonds is 6. The van der Waals surface area contributed by atoms with Crippen molar-refractivity contribution >= 4 is 6.08 Å². The molecule has 2 nitrogen and oxygen atoms in total. The van der Waals surface area contributed by atoms with Gasteiger partial charge in [0.25, 0.3) is 0 Å². The molecular weight excluding hydrogens is 186 g/mol. The number of hydrogen-bond acceptors (Lipinski definition) is 2. The molecule has 0 radical (unpaired) electrons. The summed E-state index contributed by atoms with van der Waals surface area (Å²) in [5.41, 5.74) is 1.25. The van der Waals surface area contributed by atoms with Crippen molar-refractivity contribution in [1.29, 1.82) is 0 Å². The minimum Gasteiger partial charge on any atom is -0.383 e. The first-order valence-corrected chi connectivity index (χ1v) is 5.22. The van der Waals surface area contributed by atoms with E-state index in [-0.39, 0.29) is 0 Å². The Balaban J connectivity index is 2.27. The molecule has 0 aliphatic heterocycles. The normalized spacial score (nSPS) is 11.4. The maximum absolute atomic E-state index is 5.01. The lowest BCUT2D eigenvalue weighted by molar-refractivity contribution is 0.166. The molecule has 2 heteroatoms. The van der Waals surface area contributed by atoms with Crippen LogP contribution in [0.5, 0.6) is 0 Å². The van der Waals surface area contributed by atoms with Gasteiger partial charge in [0, 0.05) is 20.2 Å². The zero-order valence-electron chi connectivity index (χ0n) is 9.52. The van der Waals surface area contributed by atoms with Crippen LogP contribution in [0.3, 0.4) is 0 Å². The molecule has 0 aliphatic rings. The largest absolute Gasteiger partial charge is 0.383 e. The summed E-state index contributed by atoms with van der Waals surface area (Å²) in [5.74, 6) is 0. The van der Waals surface area contributed by atoms with E-state index in [1.165, 1.54) is 5.56 Å². The Morgan fingerprint density at radius 3 is 2.67 bits per heavy atom. The van der Waals surface area contributed by atoms with Crippen LogP contribution in [0.2, 0.25) is 0 Å². The quantitative estimate of drug-likeness (QED) is 0.706. The van der Waals surface area contributed by atoms with Gasteiger partial charge in [-0.2, -0.15) is 0 Å². The van der Waals surface area contributed by atoms with Crippen LogP contribution >= 0.6 is 0 Å². The minimum atomic E-state index is 0.787. The SMILES string of the molecule is COCCN(C)C/C=C/c1ccccc1. The van der Waals surface area contributed by atoms with E-state index in [0.29, 0.717) is 0 Å². The lowest BCUT2D eigenvalue weighted by atomic mass is 10.2. The lowest BCUT2D eigenvalue weighted by Crippen LogP contribution is -2.22. The average Bonchev–Trinajstić information content (AvgIpc) is 2.28. The highest BCUT2D eigenvalue weighted by molar-refractivity contribution is 5.48. The van der Waals surface area contributed by atoms with E-state index >= 15 is 0 Å². The predicted molar refractivity (Wildman–Crippen MR) is 64.8 cm³/mol. The number of methoxy groups -OCH3 is 1. The molecule has 0 amide bonds. The van der Waals surface area contributed by atoms with Crippen LogP contribution in [0.4, 0.5) is 0 Å². The molecule has 0 unspecified atom stereocenters. The smallest absolute Gasteiger partial charge is 0.0589 e. The Morgan fingerprint density at radius 1 is 1.27 bits per heavy atom. The molecule has 0 aliphatic carbocycles. The number of hydrogen-bond donors (Lipinski definition) is 0. The molecule has 0 spiro atoms. The fourth-order valence-electron chi connectivity index (χ4n) is 1.27. The first-order chi connectivity index (χ1) is 7.33. The number of ether oxygens (including phenoxy) is 1. The predicted octanol–water partition coefficient (Wildman–Crippen LogP) is 2.28. The van der Waals surface area contributed by atoms with Gasteiger partial charge in [0.15, 0.2) is 0 Å². The Hall–Kier alpha value is -1.12. The standard InChI is InChI=1S/C13H19NO/c1-14(11-12-15-2)10-6-9-13-7-4-3-5-8-13/h3-9H,10-12H2,1-2H3/b9-6+. The molecule has 1 rings (SSSR count). The minimum absolute atomic E-state index is 0.787. The van der Waals surface area contributed by atoms with Gasteiger partial charge in [0.05, 0.1) is 6.61 Å². The third kappa shape index (κ3) is 5.35. The van der Waals surface area contributed by atoms with E-state index in [9.17, 15) is 0 Å². The van der Waals surface area contributed by atoms with Crippen molar-refractivity contribution in [3.63, 3.8) is 0 Å². The summed E-state index contributed by atoms with van der Waals surface area (Å²) in [5, 5.41) is 0. The topological polar surface area (TPSA) is 12.5 Å². The maximum atomic E-state index is 5.01. The molecule has 0 bridgehead atoms. The van der Waals surface area contributed by atoms with E-state index in [0.717, 1.165) is 19.7 Å². The Morgan fingerprint density at radius 2 is 2.00 bits per heavy atom. The van der Waals surface area contributed by atoms with Gasteiger partial charge in [-0.05, 0) is 12.6 Å². The van der Waals surface area contributed by atoms with Crippen LogP contribution in [-0.4, -0.2) is 38.8 Å². The molecule has 15 heavy (non-hydrogen) atoms. The van der Waals surface area contributed by atoms with Crippen molar-refractivity contribution in [3.05, 3.63) is 42.0 Å². The van der Waals surface area contributed by atoms with Crippen molar-refractivity contribution in [2.75, 3.05) is 33.9 Å². The van der Waals surface area contributed by atoms with Crippen LogP contribution in [-0.2, 0) is 4.74 Å². The van der Waals surface area contributed by atoms with Crippen molar-refractivity contribution in [1.82, 2.24) is 4.90 Å². The monoisotopic (exact) mass is 205 g/mol. The van der Waals surface area contributed by atoms with Gasteiger partial charge in [0.1, 0.15) is 0 Å². The van der Waals surface area contributed by atoms with Crippen LogP contribution in [0.25, 0.3) is 6.08 Å². The van der Waals surface area contributed by atoms with Crippen molar-refractivity contribution in [3.8, 4) is 0 Å². The Kier molecular flexibility index (Phi) is 5.74. The maximum Gasteiger partial charge on any atom is 0.0589 e. The third-order valence-electron chi connectivity index (χ3n) is 2.20. The van der Waals surface area contributed by atoms with Crippen molar-refractivity contribution in [2.45, 2.75) is 0 Å². The molecule has 0 fully saturated rings. The molecule has 0 aromatic heterocycles. The zero-order valence-corrected chi connectivity index (χ0v) is 9.52. The molecule has 0 atom stereocenters. The van der Waals surface area contributed by atoms with Gasteiger partial charge in [0.2, 0.25) is 0 Å². The number of likely N-dealkylation sites (N-methyl/N-ethyl adjacent to an activating group) is 1. The van der Waals surface area contributed by atoms with Crippen molar-refractivity contribution in [2.24, 2.45) is 0 Å². The van der Waals surface area contributed by atoms with Crippen molar-refractivity contribution < 1.29 is 4.74 Å². The fraction of sp³-hybridized carbons (Fsp3) is 0.385. The second-order valence-corrected chi connectivity index (χ2v) is 3.57. The molecule has 0 saturated carbocycles.